The van der Waals surface area contributed by atoms with Crippen LogP contribution in [0.15, 0.2) is 18.2 Å². The third-order valence-corrected chi connectivity index (χ3v) is 3.01. The molecule has 0 aliphatic carbocycles. The lowest BCUT2D eigenvalue weighted by atomic mass is 10.1. The molecule has 1 aromatic heterocycles. The molecule has 0 atom stereocenters. The van der Waals surface area contributed by atoms with Gasteiger partial charge in [-0.1, -0.05) is 6.07 Å². The average Bonchev–Trinajstić information content (AvgIpc) is 2.68. The van der Waals surface area contributed by atoms with E-state index in [2.05, 4.69) is 33.5 Å². The lowest BCUT2D eigenvalue weighted by Crippen LogP contribution is -2.18. The van der Waals surface area contributed by atoms with Crippen LogP contribution in [0.5, 0.6) is 0 Å². The topological polar surface area (TPSA) is 40.7 Å². The van der Waals surface area contributed by atoms with Gasteiger partial charge in [-0.25, -0.2) is 4.98 Å². The van der Waals surface area contributed by atoms with Crippen LogP contribution >= 0.6 is 11.6 Å². The number of fused-ring (bicyclic) bond motifs is 1. The van der Waals surface area contributed by atoms with Crippen molar-refractivity contribution in [3.8, 4) is 0 Å². The number of aryl methyl sites for hydroxylation is 1. The van der Waals surface area contributed by atoms with E-state index in [9.17, 15) is 0 Å². The Hall–Kier alpha value is -1.06. The molecule has 0 bridgehead atoms. The first-order chi connectivity index (χ1) is 8.29. The number of hydrogen-bond acceptors (Lipinski definition) is 2. The Balaban J connectivity index is 1.90. The zero-order valence-corrected chi connectivity index (χ0v) is 10.8. The largest absolute Gasteiger partial charge is 0.342 e. The first kappa shape index (κ1) is 12.4. The van der Waals surface area contributed by atoms with Crippen molar-refractivity contribution in [2.45, 2.75) is 19.8 Å². The summed E-state index contributed by atoms with van der Waals surface area (Å²) in [7, 11) is 0. The Morgan fingerprint density at radius 3 is 3.06 bits per heavy atom. The lowest BCUT2D eigenvalue weighted by Gasteiger charge is -2.03. The monoisotopic (exact) mass is 251 g/mol. The van der Waals surface area contributed by atoms with E-state index in [-0.39, 0.29) is 0 Å². The highest BCUT2D eigenvalue weighted by atomic mass is 35.5. The van der Waals surface area contributed by atoms with Crippen molar-refractivity contribution >= 4 is 22.6 Å². The third kappa shape index (κ3) is 3.45. The van der Waals surface area contributed by atoms with Crippen molar-refractivity contribution in [1.82, 2.24) is 15.3 Å². The molecule has 2 aromatic rings. The van der Waals surface area contributed by atoms with Crippen molar-refractivity contribution in [3.05, 3.63) is 29.6 Å². The predicted molar refractivity (Wildman–Crippen MR) is 72.7 cm³/mol. The van der Waals surface area contributed by atoms with Gasteiger partial charge in [0.15, 0.2) is 0 Å². The number of imidazole rings is 1. The fourth-order valence-corrected chi connectivity index (χ4v) is 2.02. The van der Waals surface area contributed by atoms with Crippen LogP contribution in [-0.4, -0.2) is 28.9 Å². The molecule has 17 heavy (non-hydrogen) atoms. The second-order valence-electron chi connectivity index (χ2n) is 4.22. The number of aromatic nitrogens is 2. The molecule has 1 aromatic carbocycles. The van der Waals surface area contributed by atoms with Gasteiger partial charge in [-0.3, -0.25) is 0 Å². The minimum Gasteiger partial charge on any atom is -0.342 e. The summed E-state index contributed by atoms with van der Waals surface area (Å²) in [5.74, 6) is 1.70. The molecule has 0 amide bonds. The van der Waals surface area contributed by atoms with Crippen molar-refractivity contribution in [3.63, 3.8) is 0 Å². The van der Waals surface area contributed by atoms with E-state index < -0.39 is 0 Å². The molecule has 2 rings (SSSR count). The molecule has 0 radical (unpaired) electrons. The summed E-state index contributed by atoms with van der Waals surface area (Å²) in [6.07, 6.45) is 2.07. The molecule has 3 nitrogen and oxygen atoms in total. The Morgan fingerprint density at radius 2 is 2.24 bits per heavy atom. The fourth-order valence-electron chi connectivity index (χ4n) is 1.89. The zero-order chi connectivity index (χ0) is 12.1. The summed E-state index contributed by atoms with van der Waals surface area (Å²) < 4.78 is 0. The highest BCUT2D eigenvalue weighted by Crippen LogP contribution is 2.13. The lowest BCUT2D eigenvalue weighted by molar-refractivity contribution is 0.673. The van der Waals surface area contributed by atoms with Crippen LogP contribution in [0.3, 0.4) is 0 Å². The van der Waals surface area contributed by atoms with E-state index in [0.29, 0.717) is 0 Å². The summed E-state index contributed by atoms with van der Waals surface area (Å²) in [5, 5.41) is 3.38. The third-order valence-electron chi connectivity index (χ3n) is 2.74. The Morgan fingerprint density at radius 1 is 1.35 bits per heavy atom. The van der Waals surface area contributed by atoms with Gasteiger partial charge in [-0.2, -0.15) is 0 Å². The molecule has 0 aliphatic rings. The SMILES string of the molecule is Cc1nc2ccc(CCNCCCCl)cc2[nH]1. The first-order valence-electron chi connectivity index (χ1n) is 6.01. The average molecular weight is 252 g/mol. The van der Waals surface area contributed by atoms with Crippen molar-refractivity contribution < 1.29 is 0 Å². The number of rotatable bonds is 6. The molecule has 92 valence electrons. The molecule has 0 aliphatic heterocycles. The van der Waals surface area contributed by atoms with Gasteiger partial charge in [-0.05, 0) is 50.6 Å². The first-order valence-corrected chi connectivity index (χ1v) is 6.55. The maximum atomic E-state index is 5.61. The second kappa shape index (κ2) is 6.03. The predicted octanol–water partition coefficient (Wildman–Crippen LogP) is 2.63. The van der Waals surface area contributed by atoms with Gasteiger partial charge < -0.3 is 10.3 Å². The standard InChI is InChI=1S/C13H18ClN3/c1-10-16-12-4-3-11(9-13(12)17-10)5-8-15-7-2-6-14/h3-4,9,15H,2,5-8H2,1H3,(H,16,17). The van der Waals surface area contributed by atoms with Crippen LogP contribution in [0.1, 0.15) is 17.8 Å². The Kier molecular flexibility index (Phi) is 4.40. The summed E-state index contributed by atoms with van der Waals surface area (Å²) in [4.78, 5) is 7.65. The molecule has 1 heterocycles. The van der Waals surface area contributed by atoms with E-state index in [0.717, 1.165) is 48.7 Å². The number of hydrogen-bond donors (Lipinski definition) is 2. The number of alkyl halides is 1. The Bertz CT molecular complexity index is 478. The Labute approximate surface area is 107 Å². The zero-order valence-electron chi connectivity index (χ0n) is 10.1. The number of H-pyrrole nitrogens is 1. The number of benzene rings is 1. The summed E-state index contributed by atoms with van der Waals surface area (Å²) in [5.41, 5.74) is 3.50. The van der Waals surface area contributed by atoms with E-state index in [1.807, 2.05) is 6.92 Å². The van der Waals surface area contributed by atoms with Crippen LogP contribution < -0.4 is 5.32 Å². The molecule has 2 N–H and O–H groups in total. The minimum atomic E-state index is 0.729. The summed E-state index contributed by atoms with van der Waals surface area (Å²) in [6, 6.07) is 6.40. The molecule has 0 saturated carbocycles. The van der Waals surface area contributed by atoms with Crippen molar-refractivity contribution in [2.75, 3.05) is 19.0 Å². The van der Waals surface area contributed by atoms with E-state index >= 15 is 0 Å². The van der Waals surface area contributed by atoms with Crippen LogP contribution in [0.4, 0.5) is 0 Å². The number of halogens is 1. The van der Waals surface area contributed by atoms with Crippen LogP contribution in [0, 0.1) is 6.92 Å². The molecular formula is C13H18ClN3. The molecular weight excluding hydrogens is 234 g/mol. The summed E-state index contributed by atoms with van der Waals surface area (Å²) in [6.45, 7) is 3.97. The molecule has 0 unspecified atom stereocenters. The fraction of sp³-hybridized carbons (Fsp3) is 0.462. The van der Waals surface area contributed by atoms with E-state index in [1.165, 1.54) is 5.56 Å². The van der Waals surface area contributed by atoms with Crippen molar-refractivity contribution in [1.29, 1.82) is 0 Å². The number of nitrogens with zero attached hydrogens (tertiary/aromatic N) is 1. The van der Waals surface area contributed by atoms with E-state index in [4.69, 9.17) is 11.6 Å². The second-order valence-corrected chi connectivity index (χ2v) is 4.59. The number of nitrogens with one attached hydrogen (secondary N) is 2. The minimum absolute atomic E-state index is 0.729. The van der Waals surface area contributed by atoms with Gasteiger partial charge >= 0.3 is 0 Å². The quantitative estimate of drug-likeness (QED) is 0.612. The number of aromatic amines is 1. The van der Waals surface area contributed by atoms with Gasteiger partial charge in [0.25, 0.3) is 0 Å². The van der Waals surface area contributed by atoms with Crippen LogP contribution in [0.25, 0.3) is 11.0 Å². The van der Waals surface area contributed by atoms with Gasteiger partial charge in [-0.15, -0.1) is 11.6 Å². The van der Waals surface area contributed by atoms with Crippen LogP contribution in [0.2, 0.25) is 0 Å². The van der Waals surface area contributed by atoms with Crippen molar-refractivity contribution in [2.24, 2.45) is 0 Å². The maximum Gasteiger partial charge on any atom is 0.104 e. The van der Waals surface area contributed by atoms with Gasteiger partial charge in [0.2, 0.25) is 0 Å². The van der Waals surface area contributed by atoms with E-state index in [1.54, 1.807) is 0 Å². The maximum absolute atomic E-state index is 5.61. The highest BCUT2D eigenvalue weighted by molar-refractivity contribution is 6.17. The molecule has 4 heteroatoms. The van der Waals surface area contributed by atoms with Gasteiger partial charge in [0.1, 0.15) is 5.82 Å². The van der Waals surface area contributed by atoms with Crippen LogP contribution in [-0.2, 0) is 6.42 Å². The molecule has 0 spiro atoms. The van der Waals surface area contributed by atoms with Gasteiger partial charge in [0, 0.05) is 5.88 Å². The highest BCUT2D eigenvalue weighted by Gasteiger charge is 2.00. The molecule has 0 saturated heterocycles. The molecule has 0 fully saturated rings. The smallest absolute Gasteiger partial charge is 0.104 e. The normalized spacial score (nSPS) is 11.2. The van der Waals surface area contributed by atoms with Gasteiger partial charge in [0.05, 0.1) is 11.0 Å². The summed E-state index contributed by atoms with van der Waals surface area (Å²) >= 11 is 5.61.